The van der Waals surface area contributed by atoms with Crippen molar-refractivity contribution in [1.82, 2.24) is 5.32 Å². The van der Waals surface area contributed by atoms with Gasteiger partial charge < -0.3 is 5.32 Å². The zero-order valence-corrected chi connectivity index (χ0v) is 12.7. The summed E-state index contributed by atoms with van der Waals surface area (Å²) >= 11 is 5.77. The van der Waals surface area contributed by atoms with Crippen molar-refractivity contribution >= 4 is 28.3 Å². The van der Waals surface area contributed by atoms with Crippen molar-refractivity contribution in [3.63, 3.8) is 0 Å². The molecular weight excluding hydrogens is 270 g/mol. The molecule has 0 aliphatic heterocycles. The van der Waals surface area contributed by atoms with Crippen LogP contribution in [0.3, 0.4) is 0 Å². The molecule has 0 atom stereocenters. The normalized spacial score (nSPS) is 11.6. The Morgan fingerprint density at radius 3 is 2.55 bits per heavy atom. The summed E-state index contributed by atoms with van der Waals surface area (Å²) in [6, 6.07) is 13.8. The topological polar surface area (TPSA) is 29.1 Å². The van der Waals surface area contributed by atoms with Crippen LogP contribution in [-0.4, -0.2) is 18.3 Å². The Bertz CT molecular complexity index is 607. The van der Waals surface area contributed by atoms with Crippen molar-refractivity contribution in [2.45, 2.75) is 20.3 Å². The Morgan fingerprint density at radius 2 is 1.85 bits per heavy atom. The molecule has 0 unspecified atom stereocenters. The Morgan fingerprint density at radius 1 is 1.15 bits per heavy atom. The van der Waals surface area contributed by atoms with Crippen LogP contribution in [0.1, 0.15) is 30.6 Å². The van der Waals surface area contributed by atoms with Gasteiger partial charge >= 0.3 is 0 Å². The summed E-state index contributed by atoms with van der Waals surface area (Å²) in [5.74, 6) is 0.581. The van der Waals surface area contributed by atoms with Crippen LogP contribution in [0.4, 0.5) is 0 Å². The van der Waals surface area contributed by atoms with E-state index in [2.05, 4.69) is 19.2 Å². The number of carbonyl (C=O) groups is 1. The smallest absolute Gasteiger partial charge is 0.251 e. The molecule has 0 bridgehead atoms. The number of carbonyl (C=O) groups excluding carboxylic acids is 1. The van der Waals surface area contributed by atoms with E-state index in [0.29, 0.717) is 18.0 Å². The van der Waals surface area contributed by atoms with E-state index in [4.69, 9.17) is 11.6 Å². The summed E-state index contributed by atoms with van der Waals surface area (Å²) in [6.45, 7) is 4.84. The fourth-order valence-corrected chi connectivity index (χ4v) is 2.61. The molecule has 20 heavy (non-hydrogen) atoms. The van der Waals surface area contributed by atoms with Crippen molar-refractivity contribution in [2.75, 3.05) is 12.4 Å². The number of fused-ring (bicyclic) bond motifs is 1. The summed E-state index contributed by atoms with van der Waals surface area (Å²) in [7, 11) is 0. The minimum Gasteiger partial charge on any atom is -0.352 e. The second-order valence-electron chi connectivity index (χ2n) is 5.85. The maximum Gasteiger partial charge on any atom is 0.251 e. The summed E-state index contributed by atoms with van der Waals surface area (Å²) in [5.41, 5.74) is 0.722. The average molecular weight is 290 g/mol. The number of alkyl halides is 1. The highest BCUT2D eigenvalue weighted by Gasteiger charge is 2.18. The molecule has 0 heterocycles. The second-order valence-corrected chi connectivity index (χ2v) is 6.23. The van der Waals surface area contributed by atoms with Crippen molar-refractivity contribution in [3.05, 3.63) is 48.0 Å². The van der Waals surface area contributed by atoms with Gasteiger partial charge in [0.25, 0.3) is 5.91 Å². The van der Waals surface area contributed by atoms with E-state index in [1.54, 1.807) is 0 Å². The van der Waals surface area contributed by atoms with Gasteiger partial charge in [0.15, 0.2) is 0 Å². The number of halogens is 1. The Hall–Kier alpha value is -1.54. The van der Waals surface area contributed by atoms with Crippen LogP contribution in [0.25, 0.3) is 10.8 Å². The van der Waals surface area contributed by atoms with Gasteiger partial charge in [0, 0.05) is 18.0 Å². The Balaban J connectivity index is 2.08. The fourth-order valence-electron chi connectivity index (χ4n) is 2.10. The van der Waals surface area contributed by atoms with Crippen LogP contribution in [0.15, 0.2) is 42.5 Å². The number of nitrogens with one attached hydrogen (secondary N) is 1. The van der Waals surface area contributed by atoms with Gasteiger partial charge in [-0.25, -0.2) is 0 Å². The predicted molar refractivity (Wildman–Crippen MR) is 85.4 cm³/mol. The van der Waals surface area contributed by atoms with Gasteiger partial charge in [0.05, 0.1) is 0 Å². The SMILES string of the molecule is CC(C)(CCCl)CNC(=O)c1ccc2ccccc2c1. The molecule has 0 saturated heterocycles. The molecular formula is C17H20ClNO. The minimum absolute atomic E-state index is 0.0221. The number of amides is 1. The monoisotopic (exact) mass is 289 g/mol. The molecule has 0 spiro atoms. The first-order chi connectivity index (χ1) is 9.52. The van der Waals surface area contributed by atoms with E-state index in [9.17, 15) is 4.79 Å². The number of hydrogen-bond acceptors (Lipinski definition) is 1. The number of hydrogen-bond donors (Lipinski definition) is 1. The summed E-state index contributed by atoms with van der Waals surface area (Å²) in [6.07, 6.45) is 0.882. The molecule has 0 aliphatic carbocycles. The van der Waals surface area contributed by atoms with Crippen molar-refractivity contribution in [1.29, 1.82) is 0 Å². The molecule has 0 aliphatic rings. The second kappa shape index (κ2) is 6.27. The molecule has 0 aromatic heterocycles. The highest BCUT2D eigenvalue weighted by atomic mass is 35.5. The molecule has 2 nitrogen and oxygen atoms in total. The molecule has 1 amide bonds. The van der Waals surface area contributed by atoms with Gasteiger partial charge in [-0.3, -0.25) is 4.79 Å². The standard InChI is InChI=1S/C17H20ClNO/c1-17(2,9-10-18)12-19-16(20)15-8-7-13-5-3-4-6-14(13)11-15/h3-8,11H,9-10,12H2,1-2H3,(H,19,20). The largest absolute Gasteiger partial charge is 0.352 e. The van der Waals surface area contributed by atoms with Crippen LogP contribution in [0.5, 0.6) is 0 Å². The van der Waals surface area contributed by atoms with E-state index in [-0.39, 0.29) is 11.3 Å². The lowest BCUT2D eigenvalue weighted by Crippen LogP contribution is -2.34. The third kappa shape index (κ3) is 3.73. The molecule has 0 fully saturated rings. The molecule has 0 saturated carbocycles. The van der Waals surface area contributed by atoms with Gasteiger partial charge in [0.1, 0.15) is 0 Å². The molecule has 2 aromatic carbocycles. The van der Waals surface area contributed by atoms with Crippen LogP contribution < -0.4 is 5.32 Å². The predicted octanol–water partition coefficient (Wildman–Crippen LogP) is 4.22. The Kier molecular flexibility index (Phi) is 4.66. The highest BCUT2D eigenvalue weighted by Crippen LogP contribution is 2.20. The van der Waals surface area contributed by atoms with Crippen molar-refractivity contribution < 1.29 is 4.79 Å². The van der Waals surface area contributed by atoms with Crippen molar-refractivity contribution in [3.8, 4) is 0 Å². The van der Waals surface area contributed by atoms with Crippen molar-refractivity contribution in [2.24, 2.45) is 5.41 Å². The summed E-state index contributed by atoms with van der Waals surface area (Å²) in [4.78, 5) is 12.2. The average Bonchev–Trinajstić information content (AvgIpc) is 2.44. The lowest BCUT2D eigenvalue weighted by atomic mass is 9.90. The van der Waals surface area contributed by atoms with Gasteiger partial charge in [0.2, 0.25) is 0 Å². The maximum absolute atomic E-state index is 12.2. The fraction of sp³-hybridized carbons (Fsp3) is 0.353. The first-order valence-electron chi connectivity index (χ1n) is 6.85. The van der Waals surface area contributed by atoms with E-state index in [1.807, 2.05) is 42.5 Å². The number of rotatable bonds is 5. The third-order valence-corrected chi connectivity index (χ3v) is 3.70. The van der Waals surface area contributed by atoms with Gasteiger partial charge in [-0.05, 0) is 34.7 Å². The molecule has 106 valence electrons. The molecule has 2 rings (SSSR count). The Labute approximate surface area is 125 Å². The van der Waals surface area contributed by atoms with Gasteiger partial charge in [-0.15, -0.1) is 11.6 Å². The summed E-state index contributed by atoms with van der Waals surface area (Å²) in [5, 5.41) is 5.22. The van der Waals surface area contributed by atoms with Crippen LogP contribution in [0, 0.1) is 5.41 Å². The first kappa shape index (κ1) is 14.9. The van der Waals surface area contributed by atoms with E-state index < -0.39 is 0 Å². The van der Waals surface area contributed by atoms with E-state index >= 15 is 0 Å². The highest BCUT2D eigenvalue weighted by molar-refractivity contribution is 6.17. The third-order valence-electron chi connectivity index (χ3n) is 3.51. The number of benzene rings is 2. The lowest BCUT2D eigenvalue weighted by Gasteiger charge is -2.23. The molecule has 3 heteroatoms. The minimum atomic E-state index is -0.0293. The quantitative estimate of drug-likeness (QED) is 0.820. The molecule has 0 radical (unpaired) electrons. The van der Waals surface area contributed by atoms with E-state index in [1.165, 1.54) is 0 Å². The summed E-state index contributed by atoms with van der Waals surface area (Å²) < 4.78 is 0. The zero-order chi connectivity index (χ0) is 14.6. The molecule has 2 aromatic rings. The van der Waals surface area contributed by atoms with Gasteiger partial charge in [-0.2, -0.15) is 0 Å². The lowest BCUT2D eigenvalue weighted by molar-refractivity contribution is 0.0936. The van der Waals surface area contributed by atoms with Gasteiger partial charge in [-0.1, -0.05) is 44.2 Å². The maximum atomic E-state index is 12.2. The van der Waals surface area contributed by atoms with Crippen LogP contribution >= 0.6 is 11.6 Å². The molecule has 1 N–H and O–H groups in total. The van der Waals surface area contributed by atoms with E-state index in [0.717, 1.165) is 17.2 Å². The van der Waals surface area contributed by atoms with Crippen LogP contribution in [0.2, 0.25) is 0 Å². The first-order valence-corrected chi connectivity index (χ1v) is 7.38. The van der Waals surface area contributed by atoms with Crippen LogP contribution in [-0.2, 0) is 0 Å². The zero-order valence-electron chi connectivity index (χ0n) is 11.9.